The smallest absolute Gasteiger partial charge is 0.257 e. The van der Waals surface area contributed by atoms with E-state index in [1.54, 1.807) is 33.1 Å². The van der Waals surface area contributed by atoms with Gasteiger partial charge < -0.3 is 10.2 Å². The Hall–Kier alpha value is -2.92. The standard InChI is InChI=1S/C26H35N5O4S/c1-5-29(6-2)26(33)25-18(3)28-31-16-13-21(17-24(25)31)20-11-14-30(15-12-20)36(34,35)23-9-7-22(8-10-23)27-19(4)32/h7-10,13,16-17,20,34-35H,5-6,11-12,14-15H2,1-4H3,(H,27,32). The number of pyridine rings is 1. The molecule has 1 fully saturated rings. The van der Waals surface area contributed by atoms with Crippen LogP contribution < -0.4 is 5.32 Å². The maximum atomic E-state index is 13.1. The molecule has 194 valence electrons. The van der Waals surface area contributed by atoms with E-state index in [2.05, 4.69) is 16.5 Å². The molecule has 0 unspecified atom stereocenters. The number of carbonyl (C=O) groups is 2. The highest BCUT2D eigenvalue weighted by Crippen LogP contribution is 2.53. The fourth-order valence-corrected chi connectivity index (χ4v) is 6.40. The number of rotatable bonds is 7. The number of hydrogen-bond acceptors (Lipinski definition) is 6. The number of anilines is 1. The van der Waals surface area contributed by atoms with E-state index in [0.717, 1.165) is 29.6 Å². The van der Waals surface area contributed by atoms with Gasteiger partial charge >= 0.3 is 0 Å². The van der Waals surface area contributed by atoms with Gasteiger partial charge in [-0.05, 0) is 81.5 Å². The van der Waals surface area contributed by atoms with Crippen molar-refractivity contribution in [3.05, 3.63) is 59.4 Å². The second-order valence-corrected chi connectivity index (χ2v) is 11.2. The number of benzene rings is 1. The molecule has 2 amide bonds. The Kier molecular flexibility index (Phi) is 7.70. The first-order valence-corrected chi connectivity index (χ1v) is 13.8. The van der Waals surface area contributed by atoms with Crippen LogP contribution in [0.25, 0.3) is 5.52 Å². The lowest BCUT2D eigenvalue weighted by Gasteiger charge is -2.46. The quantitative estimate of drug-likeness (QED) is 0.411. The van der Waals surface area contributed by atoms with Crippen LogP contribution in [0.2, 0.25) is 0 Å². The maximum Gasteiger partial charge on any atom is 0.257 e. The Morgan fingerprint density at radius 3 is 2.33 bits per heavy atom. The number of aryl methyl sites for hydroxylation is 1. The molecule has 1 saturated heterocycles. The van der Waals surface area contributed by atoms with Crippen molar-refractivity contribution in [1.29, 1.82) is 0 Å². The van der Waals surface area contributed by atoms with Crippen molar-refractivity contribution < 1.29 is 18.7 Å². The van der Waals surface area contributed by atoms with Gasteiger partial charge in [0.15, 0.2) is 0 Å². The summed E-state index contributed by atoms with van der Waals surface area (Å²) in [6.07, 6.45) is 3.44. The molecule has 1 aliphatic heterocycles. The summed E-state index contributed by atoms with van der Waals surface area (Å²) in [4.78, 5) is 26.6. The molecule has 2 aromatic heterocycles. The summed E-state index contributed by atoms with van der Waals surface area (Å²) in [5.41, 5.74) is 3.93. The minimum atomic E-state index is -3.12. The molecule has 3 aromatic rings. The molecular weight excluding hydrogens is 478 g/mol. The van der Waals surface area contributed by atoms with Gasteiger partial charge in [0.25, 0.3) is 5.91 Å². The molecule has 9 nitrogen and oxygen atoms in total. The van der Waals surface area contributed by atoms with Gasteiger partial charge in [0.2, 0.25) is 5.91 Å². The monoisotopic (exact) mass is 513 g/mol. The summed E-state index contributed by atoms with van der Waals surface area (Å²) < 4.78 is 25.5. The fraction of sp³-hybridized carbons (Fsp3) is 0.423. The Bertz CT molecular complexity index is 1250. The number of carbonyl (C=O) groups excluding carboxylic acids is 2. The van der Waals surface area contributed by atoms with Crippen LogP contribution in [0.4, 0.5) is 5.69 Å². The summed E-state index contributed by atoms with van der Waals surface area (Å²) in [5.74, 6) is 0.0680. The van der Waals surface area contributed by atoms with Gasteiger partial charge in [-0.3, -0.25) is 18.7 Å². The largest absolute Gasteiger partial charge is 0.339 e. The molecule has 0 atom stereocenters. The van der Waals surface area contributed by atoms with Gasteiger partial charge in [-0.2, -0.15) is 5.10 Å². The lowest BCUT2D eigenvalue weighted by atomic mass is 9.90. The Labute approximate surface area is 213 Å². The minimum absolute atomic E-state index is 0.00191. The molecule has 0 saturated carbocycles. The van der Waals surface area contributed by atoms with E-state index in [9.17, 15) is 18.7 Å². The second kappa shape index (κ2) is 10.6. The van der Waals surface area contributed by atoms with Crippen LogP contribution >= 0.6 is 10.8 Å². The van der Waals surface area contributed by atoms with Gasteiger partial charge in [-0.25, -0.2) is 8.82 Å². The third kappa shape index (κ3) is 5.12. The minimum Gasteiger partial charge on any atom is -0.339 e. The van der Waals surface area contributed by atoms with E-state index in [0.29, 0.717) is 42.3 Å². The van der Waals surface area contributed by atoms with Crippen LogP contribution in [0, 0.1) is 6.92 Å². The summed E-state index contributed by atoms with van der Waals surface area (Å²) in [5, 5.41) is 7.23. The lowest BCUT2D eigenvalue weighted by Crippen LogP contribution is -2.35. The zero-order valence-corrected chi connectivity index (χ0v) is 22.1. The fourth-order valence-electron chi connectivity index (χ4n) is 4.88. The molecule has 1 aromatic carbocycles. The van der Waals surface area contributed by atoms with Crippen LogP contribution in [-0.4, -0.2) is 65.9 Å². The van der Waals surface area contributed by atoms with Crippen molar-refractivity contribution in [1.82, 2.24) is 18.8 Å². The van der Waals surface area contributed by atoms with Crippen molar-refractivity contribution in [2.75, 3.05) is 31.5 Å². The summed E-state index contributed by atoms with van der Waals surface area (Å²) in [7, 11) is -3.12. The van der Waals surface area contributed by atoms with Crippen molar-refractivity contribution in [3.63, 3.8) is 0 Å². The van der Waals surface area contributed by atoms with Crippen molar-refractivity contribution in [2.24, 2.45) is 0 Å². The van der Waals surface area contributed by atoms with Crippen LogP contribution in [0.15, 0.2) is 47.5 Å². The van der Waals surface area contributed by atoms with E-state index >= 15 is 0 Å². The molecule has 36 heavy (non-hydrogen) atoms. The van der Waals surface area contributed by atoms with Gasteiger partial charge in [0.1, 0.15) is 0 Å². The molecule has 3 heterocycles. The summed E-state index contributed by atoms with van der Waals surface area (Å²) in [6, 6.07) is 10.8. The number of nitrogens with one attached hydrogen (secondary N) is 1. The Morgan fingerprint density at radius 2 is 1.75 bits per heavy atom. The third-order valence-electron chi connectivity index (χ3n) is 6.87. The van der Waals surface area contributed by atoms with Crippen LogP contribution in [-0.2, 0) is 4.79 Å². The number of nitrogens with zero attached hydrogens (tertiary/aromatic N) is 4. The highest BCUT2D eigenvalue weighted by Gasteiger charge is 2.31. The third-order valence-corrected chi connectivity index (χ3v) is 8.86. The average molecular weight is 514 g/mol. The van der Waals surface area contributed by atoms with E-state index in [1.165, 1.54) is 6.92 Å². The van der Waals surface area contributed by atoms with Gasteiger partial charge in [0.05, 0.1) is 21.7 Å². The van der Waals surface area contributed by atoms with Crippen LogP contribution in [0.1, 0.15) is 61.1 Å². The second-order valence-electron chi connectivity index (χ2n) is 9.16. The molecule has 0 aliphatic carbocycles. The van der Waals surface area contributed by atoms with E-state index in [4.69, 9.17) is 0 Å². The molecule has 1 aliphatic rings. The first-order valence-electron chi connectivity index (χ1n) is 12.3. The first kappa shape index (κ1) is 26.2. The normalized spacial score (nSPS) is 15.7. The summed E-state index contributed by atoms with van der Waals surface area (Å²) in [6.45, 7) is 9.62. The first-order chi connectivity index (χ1) is 17.1. The van der Waals surface area contributed by atoms with Crippen LogP contribution in [0.3, 0.4) is 0 Å². The number of fused-ring (bicyclic) bond motifs is 1. The highest BCUT2D eigenvalue weighted by molar-refractivity contribution is 8.22. The van der Waals surface area contributed by atoms with E-state index < -0.39 is 10.8 Å². The average Bonchev–Trinajstić information content (AvgIpc) is 3.19. The highest BCUT2D eigenvalue weighted by atomic mass is 32.3. The number of aromatic nitrogens is 2. The number of hydrogen-bond donors (Lipinski definition) is 3. The van der Waals surface area contributed by atoms with Gasteiger partial charge in [-0.1, -0.05) is 0 Å². The molecular formula is C26H35N5O4S. The van der Waals surface area contributed by atoms with Crippen molar-refractivity contribution in [2.45, 2.75) is 51.3 Å². The molecule has 0 radical (unpaired) electrons. The predicted octanol–water partition coefficient (Wildman–Crippen LogP) is 4.99. The molecule has 3 N–H and O–H groups in total. The van der Waals surface area contributed by atoms with Gasteiger partial charge in [0, 0.05) is 45.0 Å². The van der Waals surface area contributed by atoms with E-state index in [-0.39, 0.29) is 17.7 Å². The summed E-state index contributed by atoms with van der Waals surface area (Å²) >= 11 is 0. The molecule has 10 heteroatoms. The Morgan fingerprint density at radius 1 is 1.11 bits per heavy atom. The Balaban J connectivity index is 1.50. The molecule has 0 bridgehead atoms. The van der Waals surface area contributed by atoms with Crippen molar-refractivity contribution >= 4 is 33.8 Å². The van der Waals surface area contributed by atoms with Crippen molar-refractivity contribution in [3.8, 4) is 0 Å². The topological polar surface area (TPSA) is 110 Å². The zero-order chi connectivity index (χ0) is 26.0. The molecule has 0 spiro atoms. The van der Waals surface area contributed by atoms with Crippen LogP contribution in [0.5, 0.6) is 0 Å². The maximum absolute atomic E-state index is 13.1. The SMILES string of the molecule is CCN(CC)C(=O)c1c(C)nn2ccc(C3CCN(S(O)(O)c4ccc(NC(C)=O)cc4)CC3)cc12. The predicted molar refractivity (Wildman–Crippen MR) is 143 cm³/mol. The number of amides is 2. The zero-order valence-electron chi connectivity index (χ0n) is 21.3. The lowest BCUT2D eigenvalue weighted by molar-refractivity contribution is -0.114. The van der Waals surface area contributed by atoms with Gasteiger partial charge in [-0.15, -0.1) is 10.8 Å². The van der Waals surface area contributed by atoms with E-state index in [1.807, 2.05) is 37.9 Å². The molecule has 4 rings (SSSR count). The number of piperidine rings is 1.